The second-order valence-corrected chi connectivity index (χ2v) is 8.48. The van der Waals surface area contributed by atoms with Crippen LogP contribution in [0.15, 0.2) is 59.0 Å². The van der Waals surface area contributed by atoms with Gasteiger partial charge >= 0.3 is 0 Å². The zero-order valence-corrected chi connectivity index (χ0v) is 17.7. The lowest BCUT2D eigenvalue weighted by Crippen LogP contribution is -2.10. The lowest BCUT2D eigenvalue weighted by molar-refractivity contribution is 0.103. The number of rotatable bonds is 3. The molecule has 2 aromatic heterocycles. The average molecular weight is 475 g/mol. The van der Waals surface area contributed by atoms with Gasteiger partial charge < -0.3 is 9.73 Å². The third-order valence-electron chi connectivity index (χ3n) is 4.63. The van der Waals surface area contributed by atoms with Crippen molar-refractivity contribution in [2.24, 2.45) is 0 Å². The van der Waals surface area contributed by atoms with Crippen molar-refractivity contribution in [2.45, 2.75) is 0 Å². The summed E-state index contributed by atoms with van der Waals surface area (Å²) >= 11 is 13.7. The topological polar surface area (TPSA) is 55.1 Å². The Labute approximate surface area is 188 Å². The molecule has 154 valence electrons. The monoisotopic (exact) mass is 474 g/mol. The van der Waals surface area contributed by atoms with Crippen LogP contribution in [-0.2, 0) is 0 Å². The van der Waals surface area contributed by atoms with E-state index in [9.17, 15) is 13.6 Å². The maximum absolute atomic E-state index is 13.6. The Kier molecular flexibility index (Phi) is 4.89. The first-order valence-corrected chi connectivity index (χ1v) is 10.5. The SMILES string of the molecule is O=C(Nc1ccc2oc(-c3cc(F)c(F)cc3Cl)nc2c1)c1sc2ccccc2c1Cl. The summed E-state index contributed by atoms with van der Waals surface area (Å²) in [4.78, 5) is 17.5. The summed E-state index contributed by atoms with van der Waals surface area (Å²) in [6.45, 7) is 0. The van der Waals surface area contributed by atoms with E-state index in [1.165, 1.54) is 11.3 Å². The molecule has 0 unspecified atom stereocenters. The highest BCUT2D eigenvalue weighted by Gasteiger charge is 2.19. The standard InChI is InChI=1S/C22H10Cl2F2N2O2S/c23-13-9-15(26)14(25)8-12(13)22-28-16-7-10(5-6-17(16)30-22)27-21(29)20-19(24)11-3-1-2-4-18(11)31-20/h1-9H,(H,27,29). The number of nitrogens with one attached hydrogen (secondary N) is 1. The Morgan fingerprint density at radius 3 is 2.61 bits per heavy atom. The molecule has 1 N–H and O–H groups in total. The second-order valence-electron chi connectivity index (χ2n) is 6.64. The number of carbonyl (C=O) groups is 1. The van der Waals surface area contributed by atoms with Crippen molar-refractivity contribution >= 4 is 67.3 Å². The van der Waals surface area contributed by atoms with Gasteiger partial charge in [0.05, 0.1) is 15.6 Å². The van der Waals surface area contributed by atoms with E-state index in [0.717, 1.165) is 22.2 Å². The summed E-state index contributed by atoms with van der Waals surface area (Å²) in [7, 11) is 0. The number of benzene rings is 3. The Morgan fingerprint density at radius 2 is 1.81 bits per heavy atom. The molecule has 0 spiro atoms. The van der Waals surface area contributed by atoms with E-state index in [0.29, 0.717) is 26.7 Å². The van der Waals surface area contributed by atoms with Gasteiger partial charge in [-0.3, -0.25) is 4.79 Å². The van der Waals surface area contributed by atoms with E-state index in [1.807, 2.05) is 24.3 Å². The first-order valence-electron chi connectivity index (χ1n) is 8.94. The Balaban J connectivity index is 1.47. The smallest absolute Gasteiger partial charge is 0.267 e. The van der Waals surface area contributed by atoms with Crippen LogP contribution in [0.25, 0.3) is 32.6 Å². The minimum atomic E-state index is -1.06. The van der Waals surface area contributed by atoms with E-state index >= 15 is 0 Å². The molecular formula is C22H10Cl2F2N2O2S. The van der Waals surface area contributed by atoms with Crippen LogP contribution >= 0.6 is 34.5 Å². The van der Waals surface area contributed by atoms with E-state index in [4.69, 9.17) is 27.6 Å². The van der Waals surface area contributed by atoms with Crippen molar-refractivity contribution < 1.29 is 18.0 Å². The minimum absolute atomic E-state index is 0.0293. The zero-order valence-electron chi connectivity index (χ0n) is 15.4. The number of nitrogens with zero attached hydrogens (tertiary/aromatic N) is 1. The van der Waals surface area contributed by atoms with Gasteiger partial charge in [0.2, 0.25) is 5.89 Å². The summed E-state index contributed by atoms with van der Waals surface area (Å²) in [5, 5.41) is 3.99. The Hall–Kier alpha value is -3.00. The molecule has 1 amide bonds. The Bertz CT molecular complexity index is 1500. The number of oxazole rings is 1. The van der Waals surface area contributed by atoms with Gasteiger partial charge in [0.1, 0.15) is 10.4 Å². The molecule has 3 aromatic carbocycles. The summed E-state index contributed by atoms with van der Waals surface area (Å²) in [5.41, 5.74) is 1.41. The van der Waals surface area contributed by atoms with Crippen LogP contribution in [0.4, 0.5) is 14.5 Å². The quantitative estimate of drug-likeness (QED) is 0.274. The first kappa shape index (κ1) is 19.9. The number of halogens is 4. The molecule has 0 radical (unpaired) electrons. The fraction of sp³-hybridized carbons (Fsp3) is 0. The van der Waals surface area contributed by atoms with E-state index < -0.39 is 11.6 Å². The average Bonchev–Trinajstić information content (AvgIpc) is 3.32. The van der Waals surface area contributed by atoms with Crippen molar-refractivity contribution in [1.82, 2.24) is 4.98 Å². The lowest BCUT2D eigenvalue weighted by atomic mass is 10.2. The molecule has 0 aliphatic carbocycles. The number of carbonyl (C=O) groups excluding carboxylic acids is 1. The highest BCUT2D eigenvalue weighted by molar-refractivity contribution is 7.21. The molecule has 9 heteroatoms. The number of hydrogen-bond donors (Lipinski definition) is 1. The van der Waals surface area contributed by atoms with Crippen LogP contribution < -0.4 is 5.32 Å². The van der Waals surface area contributed by atoms with Gasteiger partial charge in [-0.1, -0.05) is 41.4 Å². The molecule has 5 rings (SSSR count). The van der Waals surface area contributed by atoms with Crippen LogP contribution in [0.3, 0.4) is 0 Å². The summed E-state index contributed by atoms with van der Waals surface area (Å²) < 4.78 is 33.5. The molecule has 0 saturated heterocycles. The summed E-state index contributed by atoms with van der Waals surface area (Å²) in [5.74, 6) is -2.43. The van der Waals surface area contributed by atoms with Gasteiger partial charge in [-0.05, 0) is 36.4 Å². The normalized spacial score (nSPS) is 11.4. The predicted molar refractivity (Wildman–Crippen MR) is 119 cm³/mol. The van der Waals surface area contributed by atoms with E-state index in [1.54, 1.807) is 18.2 Å². The number of hydrogen-bond acceptors (Lipinski definition) is 4. The zero-order chi connectivity index (χ0) is 21.7. The number of anilines is 1. The van der Waals surface area contributed by atoms with Crippen molar-refractivity contribution in [3.05, 3.63) is 81.2 Å². The van der Waals surface area contributed by atoms with Crippen molar-refractivity contribution in [3.63, 3.8) is 0 Å². The fourth-order valence-electron chi connectivity index (χ4n) is 3.15. The summed E-state index contributed by atoms with van der Waals surface area (Å²) in [6.07, 6.45) is 0. The van der Waals surface area contributed by atoms with Gasteiger partial charge in [-0.15, -0.1) is 11.3 Å². The van der Waals surface area contributed by atoms with E-state index in [-0.39, 0.29) is 22.4 Å². The number of thiophene rings is 1. The molecule has 31 heavy (non-hydrogen) atoms. The molecule has 0 aliphatic rings. The molecule has 0 saturated carbocycles. The third-order valence-corrected chi connectivity index (χ3v) is 6.61. The second kappa shape index (κ2) is 7.60. The molecule has 0 aliphatic heterocycles. The molecule has 0 bridgehead atoms. The van der Waals surface area contributed by atoms with Gasteiger partial charge in [-0.2, -0.15) is 0 Å². The van der Waals surface area contributed by atoms with Crippen LogP contribution in [0, 0.1) is 11.6 Å². The Morgan fingerprint density at radius 1 is 1.03 bits per heavy atom. The van der Waals surface area contributed by atoms with Crippen LogP contribution in [0.2, 0.25) is 10.0 Å². The maximum atomic E-state index is 13.6. The van der Waals surface area contributed by atoms with Crippen LogP contribution in [0.5, 0.6) is 0 Å². The minimum Gasteiger partial charge on any atom is -0.436 e. The number of aromatic nitrogens is 1. The lowest BCUT2D eigenvalue weighted by Gasteiger charge is -2.03. The molecule has 4 nitrogen and oxygen atoms in total. The summed E-state index contributed by atoms with van der Waals surface area (Å²) in [6, 6.07) is 14.1. The molecule has 5 aromatic rings. The third kappa shape index (κ3) is 3.54. The van der Waals surface area contributed by atoms with Crippen molar-refractivity contribution in [3.8, 4) is 11.5 Å². The predicted octanol–water partition coefficient (Wildman–Crippen LogP) is 7.55. The van der Waals surface area contributed by atoms with Gasteiger partial charge in [0.15, 0.2) is 17.2 Å². The maximum Gasteiger partial charge on any atom is 0.267 e. The van der Waals surface area contributed by atoms with Gasteiger partial charge in [0, 0.05) is 15.8 Å². The van der Waals surface area contributed by atoms with Crippen molar-refractivity contribution in [1.29, 1.82) is 0 Å². The number of fused-ring (bicyclic) bond motifs is 2. The largest absolute Gasteiger partial charge is 0.436 e. The molecule has 0 atom stereocenters. The van der Waals surface area contributed by atoms with Crippen LogP contribution in [0.1, 0.15) is 9.67 Å². The highest BCUT2D eigenvalue weighted by Crippen LogP contribution is 2.36. The van der Waals surface area contributed by atoms with E-state index in [2.05, 4.69) is 10.3 Å². The molecule has 2 heterocycles. The van der Waals surface area contributed by atoms with Crippen molar-refractivity contribution in [2.75, 3.05) is 5.32 Å². The number of amides is 1. The van der Waals surface area contributed by atoms with Crippen LogP contribution in [-0.4, -0.2) is 10.9 Å². The van der Waals surface area contributed by atoms with Gasteiger partial charge in [-0.25, -0.2) is 13.8 Å². The van der Waals surface area contributed by atoms with Gasteiger partial charge in [0.25, 0.3) is 5.91 Å². The molecular weight excluding hydrogens is 465 g/mol. The molecule has 0 fully saturated rings. The fourth-order valence-corrected chi connectivity index (χ4v) is 4.80. The first-order chi connectivity index (χ1) is 14.9. The highest BCUT2D eigenvalue weighted by atomic mass is 35.5.